The number of nitrogens with one attached hydrogen (secondary N) is 1. The number of hydrogen-bond donors (Lipinski definition) is 2. The normalized spacial score (nSPS) is 10.1. The summed E-state index contributed by atoms with van der Waals surface area (Å²) in [6, 6.07) is 3.79. The lowest BCUT2D eigenvalue weighted by Gasteiger charge is -2.04. The number of carboxylic acids is 1. The van der Waals surface area contributed by atoms with Crippen molar-refractivity contribution in [3.8, 4) is 11.1 Å². The van der Waals surface area contributed by atoms with Gasteiger partial charge < -0.3 is 10.4 Å². The molecule has 6 nitrogen and oxygen atoms in total. The fourth-order valence-corrected chi connectivity index (χ4v) is 1.54. The Labute approximate surface area is 110 Å². The second-order valence-electron chi connectivity index (χ2n) is 3.96. The van der Waals surface area contributed by atoms with Crippen LogP contribution in [0.5, 0.6) is 0 Å². The van der Waals surface area contributed by atoms with E-state index in [1.165, 1.54) is 0 Å². The number of nitrogens with zero attached hydrogens (tertiary/aromatic N) is 3. The quantitative estimate of drug-likeness (QED) is 0.768. The van der Waals surface area contributed by atoms with Crippen LogP contribution in [0, 0.1) is 0 Å². The highest BCUT2D eigenvalue weighted by Gasteiger charge is 2.01. The number of aliphatic carboxylic acids is 1. The Kier molecular flexibility index (Phi) is 4.39. The van der Waals surface area contributed by atoms with Crippen LogP contribution < -0.4 is 5.32 Å². The molecular formula is C13H14N4O2. The Balaban J connectivity index is 1.90. The molecule has 0 radical (unpaired) electrons. The van der Waals surface area contributed by atoms with E-state index in [2.05, 4.69) is 20.3 Å². The molecule has 98 valence electrons. The molecule has 0 saturated carbocycles. The van der Waals surface area contributed by atoms with Crippen molar-refractivity contribution in [2.75, 3.05) is 11.9 Å². The maximum absolute atomic E-state index is 10.3. The van der Waals surface area contributed by atoms with Crippen molar-refractivity contribution in [1.29, 1.82) is 0 Å². The maximum atomic E-state index is 10.3. The van der Waals surface area contributed by atoms with Gasteiger partial charge in [-0.25, -0.2) is 9.97 Å². The minimum absolute atomic E-state index is 0.140. The molecule has 0 bridgehead atoms. The summed E-state index contributed by atoms with van der Waals surface area (Å²) < 4.78 is 0. The van der Waals surface area contributed by atoms with Crippen LogP contribution in [0.3, 0.4) is 0 Å². The van der Waals surface area contributed by atoms with Gasteiger partial charge in [-0.05, 0) is 12.5 Å². The second-order valence-corrected chi connectivity index (χ2v) is 3.96. The third-order valence-corrected chi connectivity index (χ3v) is 2.50. The SMILES string of the molecule is O=C(O)CCCNc1ncc(-c2cccnc2)cn1. The van der Waals surface area contributed by atoms with E-state index in [1.54, 1.807) is 24.8 Å². The molecule has 0 fully saturated rings. The van der Waals surface area contributed by atoms with E-state index in [0.717, 1.165) is 11.1 Å². The summed E-state index contributed by atoms with van der Waals surface area (Å²) in [6.45, 7) is 0.540. The number of pyridine rings is 1. The molecule has 0 unspecified atom stereocenters. The summed E-state index contributed by atoms with van der Waals surface area (Å²) in [7, 11) is 0. The molecule has 0 amide bonds. The highest BCUT2D eigenvalue weighted by Crippen LogP contribution is 2.15. The van der Waals surface area contributed by atoms with Gasteiger partial charge in [0.15, 0.2) is 0 Å². The molecule has 0 aliphatic carbocycles. The minimum Gasteiger partial charge on any atom is -0.481 e. The van der Waals surface area contributed by atoms with Crippen LogP contribution in [0.15, 0.2) is 36.9 Å². The van der Waals surface area contributed by atoms with E-state index >= 15 is 0 Å². The Morgan fingerprint density at radius 3 is 2.63 bits per heavy atom. The van der Waals surface area contributed by atoms with Crippen LogP contribution in [0.2, 0.25) is 0 Å². The first-order valence-corrected chi connectivity index (χ1v) is 5.94. The highest BCUT2D eigenvalue weighted by atomic mass is 16.4. The molecule has 0 atom stereocenters. The first kappa shape index (κ1) is 12.9. The zero-order chi connectivity index (χ0) is 13.5. The molecule has 0 aromatic carbocycles. The zero-order valence-corrected chi connectivity index (χ0v) is 10.3. The molecule has 2 aromatic heterocycles. The molecule has 0 aliphatic rings. The van der Waals surface area contributed by atoms with E-state index in [0.29, 0.717) is 18.9 Å². The number of carbonyl (C=O) groups is 1. The molecule has 19 heavy (non-hydrogen) atoms. The molecule has 0 spiro atoms. The van der Waals surface area contributed by atoms with Gasteiger partial charge in [0.2, 0.25) is 5.95 Å². The molecular weight excluding hydrogens is 244 g/mol. The fourth-order valence-electron chi connectivity index (χ4n) is 1.54. The van der Waals surface area contributed by atoms with Crippen molar-refractivity contribution in [3.05, 3.63) is 36.9 Å². The van der Waals surface area contributed by atoms with Crippen molar-refractivity contribution in [2.24, 2.45) is 0 Å². The van der Waals surface area contributed by atoms with Gasteiger partial charge in [-0.3, -0.25) is 9.78 Å². The van der Waals surface area contributed by atoms with Gasteiger partial charge in [-0.15, -0.1) is 0 Å². The smallest absolute Gasteiger partial charge is 0.303 e. The number of hydrogen-bond acceptors (Lipinski definition) is 5. The number of anilines is 1. The summed E-state index contributed by atoms with van der Waals surface area (Å²) in [5, 5.41) is 11.5. The van der Waals surface area contributed by atoms with Gasteiger partial charge in [0.25, 0.3) is 0 Å². The van der Waals surface area contributed by atoms with Crippen molar-refractivity contribution in [1.82, 2.24) is 15.0 Å². The molecule has 2 N–H and O–H groups in total. The third kappa shape index (κ3) is 4.02. The second kappa shape index (κ2) is 6.44. The summed E-state index contributed by atoms with van der Waals surface area (Å²) in [4.78, 5) is 22.7. The van der Waals surface area contributed by atoms with Crippen LogP contribution in [-0.2, 0) is 4.79 Å². The topological polar surface area (TPSA) is 88.0 Å². The Hall–Kier alpha value is -2.50. The average molecular weight is 258 g/mol. The van der Waals surface area contributed by atoms with Gasteiger partial charge in [-0.2, -0.15) is 0 Å². The fraction of sp³-hybridized carbons (Fsp3) is 0.231. The van der Waals surface area contributed by atoms with Crippen molar-refractivity contribution < 1.29 is 9.90 Å². The zero-order valence-electron chi connectivity index (χ0n) is 10.3. The summed E-state index contributed by atoms with van der Waals surface area (Å²) in [6.07, 6.45) is 7.57. The molecule has 2 aromatic rings. The predicted molar refractivity (Wildman–Crippen MR) is 70.6 cm³/mol. The number of aromatic nitrogens is 3. The van der Waals surface area contributed by atoms with E-state index in [9.17, 15) is 4.79 Å². The van der Waals surface area contributed by atoms with Gasteiger partial charge in [-0.1, -0.05) is 6.07 Å². The maximum Gasteiger partial charge on any atom is 0.303 e. The Morgan fingerprint density at radius 2 is 2.00 bits per heavy atom. The van der Waals surface area contributed by atoms with E-state index in [1.807, 2.05) is 12.1 Å². The lowest BCUT2D eigenvalue weighted by atomic mass is 10.2. The van der Waals surface area contributed by atoms with Crippen molar-refractivity contribution in [2.45, 2.75) is 12.8 Å². The molecule has 0 saturated heterocycles. The van der Waals surface area contributed by atoms with Gasteiger partial charge in [0, 0.05) is 48.9 Å². The van der Waals surface area contributed by atoms with Crippen LogP contribution in [0.4, 0.5) is 5.95 Å². The monoisotopic (exact) mass is 258 g/mol. The van der Waals surface area contributed by atoms with Gasteiger partial charge >= 0.3 is 5.97 Å². The third-order valence-electron chi connectivity index (χ3n) is 2.50. The molecule has 6 heteroatoms. The Bertz CT molecular complexity index is 528. The van der Waals surface area contributed by atoms with E-state index in [-0.39, 0.29) is 6.42 Å². The number of rotatable bonds is 6. The first-order chi connectivity index (χ1) is 9.25. The summed E-state index contributed by atoms with van der Waals surface area (Å²) in [5.74, 6) is -0.298. The van der Waals surface area contributed by atoms with Gasteiger partial charge in [0.05, 0.1) is 0 Å². The van der Waals surface area contributed by atoms with Crippen molar-refractivity contribution in [3.63, 3.8) is 0 Å². The molecule has 2 heterocycles. The lowest BCUT2D eigenvalue weighted by Crippen LogP contribution is -2.07. The lowest BCUT2D eigenvalue weighted by molar-refractivity contribution is -0.137. The largest absolute Gasteiger partial charge is 0.481 e. The summed E-state index contributed by atoms with van der Waals surface area (Å²) >= 11 is 0. The van der Waals surface area contributed by atoms with Crippen LogP contribution >= 0.6 is 0 Å². The van der Waals surface area contributed by atoms with E-state index < -0.39 is 5.97 Å². The average Bonchev–Trinajstić information content (AvgIpc) is 2.45. The first-order valence-electron chi connectivity index (χ1n) is 5.94. The Morgan fingerprint density at radius 1 is 1.21 bits per heavy atom. The highest BCUT2D eigenvalue weighted by molar-refractivity contribution is 5.66. The van der Waals surface area contributed by atoms with E-state index in [4.69, 9.17) is 5.11 Å². The van der Waals surface area contributed by atoms with Gasteiger partial charge in [0.1, 0.15) is 0 Å². The van der Waals surface area contributed by atoms with Crippen molar-refractivity contribution >= 4 is 11.9 Å². The van der Waals surface area contributed by atoms with Crippen LogP contribution in [0.25, 0.3) is 11.1 Å². The number of carboxylic acid groups (broad SMARTS) is 1. The van der Waals surface area contributed by atoms with Crippen LogP contribution in [-0.4, -0.2) is 32.6 Å². The van der Waals surface area contributed by atoms with Crippen LogP contribution in [0.1, 0.15) is 12.8 Å². The predicted octanol–water partition coefficient (Wildman–Crippen LogP) is 1.82. The molecule has 0 aliphatic heterocycles. The molecule has 2 rings (SSSR count). The summed E-state index contributed by atoms with van der Waals surface area (Å²) in [5.41, 5.74) is 1.85. The standard InChI is InChI=1S/C13H14N4O2/c18-12(19)4-2-6-15-13-16-8-11(9-17-13)10-3-1-5-14-7-10/h1,3,5,7-9H,2,4,6H2,(H,18,19)(H,15,16,17). The minimum atomic E-state index is -0.797.